The van der Waals surface area contributed by atoms with Gasteiger partial charge < -0.3 is 5.32 Å². The molecule has 1 heteroatoms. The van der Waals surface area contributed by atoms with Gasteiger partial charge in [0.1, 0.15) is 0 Å². The van der Waals surface area contributed by atoms with Crippen LogP contribution in [0.5, 0.6) is 0 Å². The second-order valence-electron chi connectivity index (χ2n) is 4.21. The lowest BCUT2D eigenvalue weighted by Gasteiger charge is -2.19. The average Bonchev–Trinajstić information content (AvgIpc) is 2.26. The molecule has 0 aliphatic rings. The summed E-state index contributed by atoms with van der Waals surface area (Å²) in [4.78, 5) is 0. The van der Waals surface area contributed by atoms with Crippen molar-refractivity contribution in [2.75, 3.05) is 5.32 Å². The topological polar surface area (TPSA) is 12.0 Å². The fourth-order valence-electron chi connectivity index (χ4n) is 1.78. The highest BCUT2D eigenvalue weighted by atomic mass is 14.9. The maximum Gasteiger partial charge on any atom is 0.0372 e. The SMILES string of the molecule is CCCCC(CC)Nc1ccccc1C. The van der Waals surface area contributed by atoms with Gasteiger partial charge in [-0.05, 0) is 31.4 Å². The normalized spacial score (nSPS) is 12.5. The fourth-order valence-corrected chi connectivity index (χ4v) is 1.78. The molecule has 0 fully saturated rings. The van der Waals surface area contributed by atoms with Crippen LogP contribution in [0.1, 0.15) is 45.1 Å². The molecular formula is C14H23N. The quantitative estimate of drug-likeness (QED) is 0.727. The van der Waals surface area contributed by atoms with Crippen LogP contribution in [0.3, 0.4) is 0 Å². The number of rotatable bonds is 6. The zero-order chi connectivity index (χ0) is 11.1. The summed E-state index contributed by atoms with van der Waals surface area (Å²) in [7, 11) is 0. The molecule has 0 spiro atoms. The molecule has 84 valence electrons. The molecule has 0 aliphatic carbocycles. The second kappa shape index (κ2) is 6.49. The van der Waals surface area contributed by atoms with Crippen LogP contribution in [-0.2, 0) is 0 Å². The largest absolute Gasteiger partial charge is 0.382 e. The number of hydrogen-bond acceptors (Lipinski definition) is 1. The smallest absolute Gasteiger partial charge is 0.0372 e. The Hall–Kier alpha value is -0.980. The lowest BCUT2D eigenvalue weighted by Crippen LogP contribution is -2.18. The van der Waals surface area contributed by atoms with E-state index < -0.39 is 0 Å². The minimum Gasteiger partial charge on any atom is -0.382 e. The number of nitrogens with one attached hydrogen (secondary N) is 1. The lowest BCUT2D eigenvalue weighted by atomic mass is 10.1. The fraction of sp³-hybridized carbons (Fsp3) is 0.571. The first kappa shape index (κ1) is 12.1. The minimum atomic E-state index is 0.631. The first-order chi connectivity index (χ1) is 7.27. The van der Waals surface area contributed by atoms with E-state index in [9.17, 15) is 0 Å². The molecule has 0 saturated heterocycles. The standard InChI is InChI=1S/C14H23N/c1-4-6-10-13(5-2)15-14-11-8-7-9-12(14)3/h7-9,11,13,15H,4-6,10H2,1-3H3. The molecule has 0 saturated carbocycles. The van der Waals surface area contributed by atoms with E-state index in [4.69, 9.17) is 0 Å². The molecule has 1 rings (SSSR count). The van der Waals surface area contributed by atoms with Gasteiger partial charge in [-0.2, -0.15) is 0 Å². The third-order valence-corrected chi connectivity index (χ3v) is 2.90. The van der Waals surface area contributed by atoms with Crippen molar-refractivity contribution in [2.24, 2.45) is 0 Å². The van der Waals surface area contributed by atoms with Gasteiger partial charge in [0.25, 0.3) is 0 Å². The number of hydrogen-bond donors (Lipinski definition) is 1. The van der Waals surface area contributed by atoms with E-state index in [2.05, 4.69) is 50.4 Å². The van der Waals surface area contributed by atoms with Crippen molar-refractivity contribution in [3.05, 3.63) is 29.8 Å². The summed E-state index contributed by atoms with van der Waals surface area (Å²) in [5.74, 6) is 0. The van der Waals surface area contributed by atoms with Gasteiger partial charge in [-0.3, -0.25) is 0 Å². The molecule has 15 heavy (non-hydrogen) atoms. The van der Waals surface area contributed by atoms with Crippen LogP contribution in [-0.4, -0.2) is 6.04 Å². The Balaban J connectivity index is 2.54. The van der Waals surface area contributed by atoms with E-state index in [1.807, 2.05) is 0 Å². The number of benzene rings is 1. The van der Waals surface area contributed by atoms with Crippen molar-refractivity contribution >= 4 is 5.69 Å². The summed E-state index contributed by atoms with van der Waals surface area (Å²) in [6, 6.07) is 9.15. The Kier molecular flexibility index (Phi) is 5.23. The summed E-state index contributed by atoms with van der Waals surface area (Å²) in [6.45, 7) is 6.67. The zero-order valence-electron chi connectivity index (χ0n) is 10.2. The molecule has 1 aromatic carbocycles. The molecule has 0 aliphatic heterocycles. The summed E-state index contributed by atoms with van der Waals surface area (Å²) in [5, 5.41) is 3.63. The summed E-state index contributed by atoms with van der Waals surface area (Å²) < 4.78 is 0. The van der Waals surface area contributed by atoms with Gasteiger partial charge in [-0.15, -0.1) is 0 Å². The van der Waals surface area contributed by atoms with Gasteiger partial charge in [0.2, 0.25) is 0 Å². The van der Waals surface area contributed by atoms with Crippen molar-refractivity contribution in [1.29, 1.82) is 0 Å². The molecule has 0 aromatic heterocycles. The van der Waals surface area contributed by atoms with Crippen LogP contribution in [0.2, 0.25) is 0 Å². The Morgan fingerprint density at radius 3 is 2.53 bits per heavy atom. The Morgan fingerprint density at radius 2 is 1.93 bits per heavy atom. The molecule has 1 N–H and O–H groups in total. The van der Waals surface area contributed by atoms with Gasteiger partial charge in [0.05, 0.1) is 0 Å². The highest BCUT2D eigenvalue weighted by molar-refractivity contribution is 5.50. The molecule has 1 aromatic rings. The lowest BCUT2D eigenvalue weighted by molar-refractivity contribution is 0.593. The van der Waals surface area contributed by atoms with Crippen LogP contribution >= 0.6 is 0 Å². The first-order valence-corrected chi connectivity index (χ1v) is 6.10. The van der Waals surface area contributed by atoms with Gasteiger partial charge in [-0.1, -0.05) is 44.9 Å². The number of anilines is 1. The molecular weight excluding hydrogens is 182 g/mol. The summed E-state index contributed by atoms with van der Waals surface area (Å²) in [5.41, 5.74) is 2.63. The van der Waals surface area contributed by atoms with Gasteiger partial charge in [0.15, 0.2) is 0 Å². The van der Waals surface area contributed by atoms with E-state index in [0.29, 0.717) is 6.04 Å². The van der Waals surface area contributed by atoms with Crippen LogP contribution < -0.4 is 5.32 Å². The van der Waals surface area contributed by atoms with Gasteiger partial charge in [-0.25, -0.2) is 0 Å². The highest BCUT2D eigenvalue weighted by Gasteiger charge is 2.06. The van der Waals surface area contributed by atoms with Crippen molar-refractivity contribution < 1.29 is 0 Å². The number of para-hydroxylation sites is 1. The Labute approximate surface area is 93.9 Å². The van der Waals surface area contributed by atoms with E-state index in [1.54, 1.807) is 0 Å². The van der Waals surface area contributed by atoms with E-state index in [1.165, 1.54) is 36.9 Å². The molecule has 0 amide bonds. The van der Waals surface area contributed by atoms with Crippen LogP contribution in [0.4, 0.5) is 5.69 Å². The summed E-state index contributed by atoms with van der Waals surface area (Å²) in [6.07, 6.45) is 5.08. The average molecular weight is 205 g/mol. The molecule has 1 nitrogen and oxygen atoms in total. The number of unbranched alkanes of at least 4 members (excludes halogenated alkanes) is 1. The van der Waals surface area contributed by atoms with Gasteiger partial charge >= 0.3 is 0 Å². The van der Waals surface area contributed by atoms with E-state index in [0.717, 1.165) is 0 Å². The van der Waals surface area contributed by atoms with Crippen molar-refractivity contribution in [2.45, 2.75) is 52.5 Å². The molecule has 0 radical (unpaired) electrons. The zero-order valence-corrected chi connectivity index (χ0v) is 10.2. The van der Waals surface area contributed by atoms with Crippen LogP contribution in [0.15, 0.2) is 24.3 Å². The van der Waals surface area contributed by atoms with Crippen molar-refractivity contribution in [3.8, 4) is 0 Å². The van der Waals surface area contributed by atoms with E-state index in [-0.39, 0.29) is 0 Å². The van der Waals surface area contributed by atoms with Crippen molar-refractivity contribution in [3.63, 3.8) is 0 Å². The third kappa shape index (κ3) is 3.94. The molecule has 0 heterocycles. The Morgan fingerprint density at radius 1 is 1.20 bits per heavy atom. The molecule has 1 atom stereocenters. The first-order valence-electron chi connectivity index (χ1n) is 6.10. The maximum absolute atomic E-state index is 3.63. The predicted molar refractivity (Wildman–Crippen MR) is 68.4 cm³/mol. The molecule has 0 bridgehead atoms. The van der Waals surface area contributed by atoms with Crippen LogP contribution in [0, 0.1) is 6.92 Å². The highest BCUT2D eigenvalue weighted by Crippen LogP contribution is 2.17. The van der Waals surface area contributed by atoms with Crippen molar-refractivity contribution in [1.82, 2.24) is 0 Å². The second-order valence-corrected chi connectivity index (χ2v) is 4.21. The van der Waals surface area contributed by atoms with Gasteiger partial charge in [0, 0.05) is 11.7 Å². The predicted octanol–water partition coefficient (Wildman–Crippen LogP) is 4.38. The Bertz CT molecular complexity index is 280. The minimum absolute atomic E-state index is 0.631. The summed E-state index contributed by atoms with van der Waals surface area (Å²) >= 11 is 0. The monoisotopic (exact) mass is 205 g/mol. The third-order valence-electron chi connectivity index (χ3n) is 2.90. The van der Waals surface area contributed by atoms with Crippen LogP contribution in [0.25, 0.3) is 0 Å². The number of aryl methyl sites for hydroxylation is 1. The molecule has 1 unspecified atom stereocenters. The maximum atomic E-state index is 3.63. The van der Waals surface area contributed by atoms with E-state index >= 15 is 0 Å².